The molecule has 2 aliphatic rings. The van der Waals surface area contributed by atoms with E-state index in [0.717, 1.165) is 23.7 Å². The summed E-state index contributed by atoms with van der Waals surface area (Å²) in [6.45, 7) is 0. The van der Waals surface area contributed by atoms with Crippen LogP contribution in [0.4, 0.5) is 4.39 Å². The summed E-state index contributed by atoms with van der Waals surface area (Å²) in [6, 6.07) is 5.98. The highest BCUT2D eigenvalue weighted by Crippen LogP contribution is 2.37. The second-order valence-corrected chi connectivity index (χ2v) is 5.20. The molecule has 3 heteroatoms. The number of ether oxygens (including phenoxy) is 1. The molecule has 1 N–H and O–H groups in total. The lowest BCUT2D eigenvalue weighted by atomic mass is 9.93. The Hall–Kier alpha value is -1.09. The van der Waals surface area contributed by atoms with Crippen LogP contribution in [0.2, 0.25) is 0 Å². The average Bonchev–Trinajstić information content (AvgIpc) is 2.91. The van der Waals surface area contributed by atoms with E-state index in [1.165, 1.54) is 25.3 Å². The van der Waals surface area contributed by atoms with Crippen LogP contribution in [0.25, 0.3) is 0 Å². The van der Waals surface area contributed by atoms with Crippen molar-refractivity contribution >= 4 is 0 Å². The zero-order valence-corrected chi connectivity index (χ0v) is 10.1. The Labute approximate surface area is 101 Å². The number of rotatable bonds is 3. The molecular formula is C14H18FNO. The first-order valence-electron chi connectivity index (χ1n) is 6.34. The molecule has 2 nitrogen and oxygen atoms in total. The van der Waals surface area contributed by atoms with Crippen molar-refractivity contribution < 1.29 is 9.13 Å². The van der Waals surface area contributed by atoms with E-state index in [0.29, 0.717) is 12.1 Å². The highest BCUT2D eigenvalue weighted by Gasteiger charge is 2.39. The van der Waals surface area contributed by atoms with Crippen LogP contribution in [-0.2, 0) is 6.42 Å². The maximum Gasteiger partial charge on any atom is 0.123 e. The number of benzene rings is 1. The topological polar surface area (TPSA) is 21.3 Å². The molecule has 1 aromatic carbocycles. The van der Waals surface area contributed by atoms with Gasteiger partial charge in [-0.05, 0) is 55.4 Å². The van der Waals surface area contributed by atoms with Gasteiger partial charge in [0.15, 0.2) is 0 Å². The quantitative estimate of drug-likeness (QED) is 0.869. The highest BCUT2D eigenvalue weighted by atomic mass is 19.1. The van der Waals surface area contributed by atoms with Crippen LogP contribution < -0.4 is 10.1 Å². The summed E-state index contributed by atoms with van der Waals surface area (Å²) in [5.74, 6) is 1.40. The van der Waals surface area contributed by atoms with Crippen molar-refractivity contribution in [2.45, 2.75) is 37.8 Å². The molecule has 3 unspecified atom stereocenters. The Bertz CT molecular complexity index is 421. The van der Waals surface area contributed by atoms with Gasteiger partial charge in [0.1, 0.15) is 11.6 Å². The molecule has 17 heavy (non-hydrogen) atoms. The molecule has 92 valence electrons. The zero-order chi connectivity index (χ0) is 11.8. The molecule has 0 amide bonds. The molecule has 0 spiro atoms. The summed E-state index contributed by atoms with van der Waals surface area (Å²) >= 11 is 0. The van der Waals surface area contributed by atoms with Crippen LogP contribution in [0.1, 0.15) is 24.8 Å². The minimum absolute atomic E-state index is 0.177. The first-order chi connectivity index (χ1) is 8.26. The summed E-state index contributed by atoms with van der Waals surface area (Å²) in [5.41, 5.74) is 0.984. The van der Waals surface area contributed by atoms with Crippen molar-refractivity contribution in [3.63, 3.8) is 0 Å². The number of piperidine rings is 1. The average molecular weight is 235 g/mol. The largest absolute Gasteiger partial charge is 0.496 e. The Balaban J connectivity index is 1.78. The van der Waals surface area contributed by atoms with Gasteiger partial charge in [0.25, 0.3) is 0 Å². The summed E-state index contributed by atoms with van der Waals surface area (Å²) in [6.07, 6.45) is 4.80. The van der Waals surface area contributed by atoms with E-state index < -0.39 is 0 Å². The molecule has 0 aromatic heterocycles. The van der Waals surface area contributed by atoms with Crippen LogP contribution >= 0.6 is 0 Å². The first kappa shape index (κ1) is 11.0. The monoisotopic (exact) mass is 235 g/mol. The molecule has 0 radical (unpaired) electrons. The van der Waals surface area contributed by atoms with Crippen LogP contribution in [-0.4, -0.2) is 19.2 Å². The zero-order valence-electron chi connectivity index (χ0n) is 10.1. The smallest absolute Gasteiger partial charge is 0.123 e. The van der Waals surface area contributed by atoms with Gasteiger partial charge in [0, 0.05) is 12.1 Å². The van der Waals surface area contributed by atoms with Gasteiger partial charge in [0.2, 0.25) is 0 Å². The van der Waals surface area contributed by atoms with E-state index in [2.05, 4.69) is 5.32 Å². The van der Waals surface area contributed by atoms with Gasteiger partial charge in [-0.3, -0.25) is 0 Å². The van der Waals surface area contributed by atoms with Crippen molar-refractivity contribution in [2.24, 2.45) is 5.92 Å². The molecule has 1 saturated heterocycles. The summed E-state index contributed by atoms with van der Waals surface area (Å²) in [4.78, 5) is 0. The molecule has 1 aromatic rings. The third-order valence-corrected chi connectivity index (χ3v) is 4.17. The van der Waals surface area contributed by atoms with Crippen molar-refractivity contribution in [3.05, 3.63) is 29.6 Å². The third kappa shape index (κ3) is 2.04. The van der Waals surface area contributed by atoms with E-state index in [1.54, 1.807) is 19.2 Å². The maximum absolute atomic E-state index is 13.3. The Morgan fingerprint density at radius 2 is 2.29 bits per heavy atom. The highest BCUT2D eigenvalue weighted by molar-refractivity contribution is 5.35. The maximum atomic E-state index is 13.3. The lowest BCUT2D eigenvalue weighted by molar-refractivity contribution is 0.367. The van der Waals surface area contributed by atoms with Crippen molar-refractivity contribution in [2.75, 3.05) is 7.11 Å². The fourth-order valence-electron chi connectivity index (χ4n) is 3.34. The fraction of sp³-hybridized carbons (Fsp3) is 0.571. The van der Waals surface area contributed by atoms with Gasteiger partial charge < -0.3 is 10.1 Å². The third-order valence-electron chi connectivity index (χ3n) is 4.17. The minimum Gasteiger partial charge on any atom is -0.496 e. The predicted octanol–water partition coefficient (Wildman–Crippen LogP) is 2.52. The molecule has 3 atom stereocenters. The standard InChI is InChI=1S/C14H18FNO/c1-17-14-5-3-11(15)6-10(14)8-13-9-2-4-12(7-9)16-13/h3,5-6,9,12-13,16H,2,4,7-8H2,1H3. The number of hydrogen-bond acceptors (Lipinski definition) is 2. The molecular weight excluding hydrogens is 217 g/mol. The van der Waals surface area contributed by atoms with Crippen molar-refractivity contribution in [3.8, 4) is 5.75 Å². The van der Waals surface area contributed by atoms with E-state index in [1.807, 2.05) is 0 Å². The lowest BCUT2D eigenvalue weighted by Crippen LogP contribution is -2.37. The van der Waals surface area contributed by atoms with Crippen molar-refractivity contribution in [1.82, 2.24) is 5.32 Å². The Kier molecular flexibility index (Phi) is 2.79. The summed E-state index contributed by atoms with van der Waals surface area (Å²) in [5, 5.41) is 3.63. The molecule has 2 bridgehead atoms. The summed E-state index contributed by atoms with van der Waals surface area (Å²) < 4.78 is 18.6. The van der Waals surface area contributed by atoms with Gasteiger partial charge in [-0.25, -0.2) is 4.39 Å². The molecule has 3 rings (SSSR count). The minimum atomic E-state index is -0.177. The lowest BCUT2D eigenvalue weighted by Gasteiger charge is -2.23. The van der Waals surface area contributed by atoms with Crippen molar-refractivity contribution in [1.29, 1.82) is 0 Å². The molecule has 2 fully saturated rings. The second-order valence-electron chi connectivity index (χ2n) is 5.20. The Morgan fingerprint density at radius 1 is 1.41 bits per heavy atom. The van der Waals surface area contributed by atoms with E-state index in [-0.39, 0.29) is 5.82 Å². The second kappa shape index (κ2) is 4.30. The van der Waals surface area contributed by atoms with Crippen LogP contribution in [0.3, 0.4) is 0 Å². The SMILES string of the molecule is COc1ccc(F)cc1CC1NC2CCC1C2. The normalized spacial score (nSPS) is 30.8. The number of fused-ring (bicyclic) bond motifs is 2. The number of nitrogens with one attached hydrogen (secondary N) is 1. The van der Waals surface area contributed by atoms with Gasteiger partial charge in [-0.15, -0.1) is 0 Å². The van der Waals surface area contributed by atoms with Gasteiger partial charge in [0.05, 0.1) is 7.11 Å². The van der Waals surface area contributed by atoms with Crippen LogP contribution in [0.5, 0.6) is 5.75 Å². The number of methoxy groups -OCH3 is 1. The first-order valence-corrected chi connectivity index (χ1v) is 6.34. The summed E-state index contributed by atoms with van der Waals surface area (Å²) in [7, 11) is 1.64. The van der Waals surface area contributed by atoms with Gasteiger partial charge >= 0.3 is 0 Å². The van der Waals surface area contributed by atoms with E-state index in [4.69, 9.17) is 4.74 Å². The van der Waals surface area contributed by atoms with E-state index in [9.17, 15) is 4.39 Å². The molecule has 1 aliphatic carbocycles. The molecule has 1 saturated carbocycles. The van der Waals surface area contributed by atoms with Gasteiger partial charge in [-0.1, -0.05) is 0 Å². The van der Waals surface area contributed by atoms with Crippen LogP contribution in [0, 0.1) is 11.7 Å². The number of halogens is 1. The fourth-order valence-corrected chi connectivity index (χ4v) is 3.34. The van der Waals surface area contributed by atoms with Gasteiger partial charge in [-0.2, -0.15) is 0 Å². The predicted molar refractivity (Wildman–Crippen MR) is 64.7 cm³/mol. The van der Waals surface area contributed by atoms with E-state index >= 15 is 0 Å². The Morgan fingerprint density at radius 3 is 2.94 bits per heavy atom. The molecule has 1 heterocycles. The number of hydrogen-bond donors (Lipinski definition) is 1. The van der Waals surface area contributed by atoms with Crippen LogP contribution in [0.15, 0.2) is 18.2 Å². The molecule has 1 aliphatic heterocycles.